The predicted molar refractivity (Wildman–Crippen MR) is 90.6 cm³/mol. The van der Waals surface area contributed by atoms with Gasteiger partial charge in [-0.15, -0.1) is 0 Å². The summed E-state index contributed by atoms with van der Waals surface area (Å²) in [7, 11) is 0. The van der Waals surface area contributed by atoms with Gasteiger partial charge in [0.15, 0.2) is 0 Å². The number of nitrogens with zero attached hydrogens (tertiary/aromatic N) is 4. The lowest BCUT2D eigenvalue weighted by Gasteiger charge is -2.40. The monoisotopic (exact) mass is 326 g/mol. The van der Waals surface area contributed by atoms with E-state index in [4.69, 9.17) is 4.74 Å². The third-order valence-electron chi connectivity index (χ3n) is 4.79. The van der Waals surface area contributed by atoms with Crippen molar-refractivity contribution >= 4 is 0 Å². The zero-order valence-corrected chi connectivity index (χ0v) is 13.7. The van der Waals surface area contributed by atoms with Crippen LogP contribution in [-0.2, 0) is 11.3 Å². The lowest BCUT2D eigenvalue weighted by atomic mass is 9.99. The molecule has 2 saturated heterocycles. The van der Waals surface area contributed by atoms with Crippen LogP contribution in [0.5, 0.6) is 0 Å². The predicted octanol–water partition coefficient (Wildman–Crippen LogP) is 1.42. The first kappa shape index (κ1) is 15.5. The molecule has 1 unspecified atom stereocenters. The first-order valence-electron chi connectivity index (χ1n) is 8.60. The maximum absolute atomic E-state index is 12.1. The van der Waals surface area contributed by atoms with Crippen molar-refractivity contribution in [2.45, 2.75) is 25.5 Å². The SMILES string of the molecule is O=c1ccc(-c2ccncc2)nn1CC1CN(CC2CCCO2)C1. The van der Waals surface area contributed by atoms with E-state index >= 15 is 0 Å². The Morgan fingerprint density at radius 1 is 1.12 bits per heavy atom. The molecule has 2 fully saturated rings. The smallest absolute Gasteiger partial charge is 0.266 e. The van der Waals surface area contributed by atoms with Gasteiger partial charge in [0.2, 0.25) is 0 Å². The third-order valence-corrected chi connectivity index (χ3v) is 4.79. The van der Waals surface area contributed by atoms with E-state index < -0.39 is 0 Å². The molecule has 1 atom stereocenters. The second kappa shape index (κ2) is 6.83. The Kier molecular flexibility index (Phi) is 4.40. The molecule has 126 valence electrons. The van der Waals surface area contributed by atoms with Crippen LogP contribution in [0.1, 0.15) is 12.8 Å². The average Bonchev–Trinajstić information content (AvgIpc) is 3.08. The molecule has 0 aromatic carbocycles. The second-order valence-electron chi connectivity index (χ2n) is 6.69. The number of hydrogen-bond donors (Lipinski definition) is 0. The largest absolute Gasteiger partial charge is 0.377 e. The van der Waals surface area contributed by atoms with Gasteiger partial charge in [-0.3, -0.25) is 14.7 Å². The molecular weight excluding hydrogens is 304 g/mol. The van der Waals surface area contributed by atoms with Crippen LogP contribution < -0.4 is 5.56 Å². The van der Waals surface area contributed by atoms with Crippen molar-refractivity contribution in [1.82, 2.24) is 19.7 Å². The summed E-state index contributed by atoms with van der Waals surface area (Å²) in [5, 5.41) is 4.53. The molecule has 0 aliphatic carbocycles. The molecule has 0 amide bonds. The molecular formula is C18H22N4O2. The van der Waals surface area contributed by atoms with E-state index in [0.29, 0.717) is 18.6 Å². The Hall–Kier alpha value is -2.05. The lowest BCUT2D eigenvalue weighted by molar-refractivity contribution is 0.0178. The van der Waals surface area contributed by atoms with Crippen molar-refractivity contribution < 1.29 is 4.74 Å². The van der Waals surface area contributed by atoms with Crippen LogP contribution in [0.25, 0.3) is 11.3 Å². The van der Waals surface area contributed by atoms with Crippen molar-refractivity contribution in [2.24, 2.45) is 5.92 Å². The minimum atomic E-state index is -0.0367. The van der Waals surface area contributed by atoms with E-state index in [9.17, 15) is 4.79 Å². The van der Waals surface area contributed by atoms with Gasteiger partial charge < -0.3 is 4.74 Å². The number of likely N-dealkylation sites (tertiary alicyclic amines) is 1. The average molecular weight is 326 g/mol. The van der Waals surface area contributed by atoms with Crippen LogP contribution in [0.15, 0.2) is 41.5 Å². The van der Waals surface area contributed by atoms with Gasteiger partial charge in [-0.05, 0) is 31.0 Å². The number of pyridine rings is 1. The Morgan fingerprint density at radius 2 is 1.96 bits per heavy atom. The van der Waals surface area contributed by atoms with Gasteiger partial charge in [0.25, 0.3) is 5.56 Å². The Bertz CT molecular complexity index is 734. The fourth-order valence-electron chi connectivity index (χ4n) is 3.52. The summed E-state index contributed by atoms with van der Waals surface area (Å²) in [6.45, 7) is 4.65. The highest BCUT2D eigenvalue weighted by atomic mass is 16.5. The van der Waals surface area contributed by atoms with Crippen LogP contribution in [0, 0.1) is 5.92 Å². The van der Waals surface area contributed by atoms with Gasteiger partial charge in [0.05, 0.1) is 18.3 Å². The first-order valence-corrected chi connectivity index (χ1v) is 8.60. The molecule has 0 spiro atoms. The van der Waals surface area contributed by atoms with E-state index in [2.05, 4.69) is 15.0 Å². The fourth-order valence-corrected chi connectivity index (χ4v) is 3.52. The summed E-state index contributed by atoms with van der Waals surface area (Å²) < 4.78 is 7.28. The Morgan fingerprint density at radius 3 is 2.71 bits per heavy atom. The topological polar surface area (TPSA) is 60.2 Å². The number of hydrogen-bond acceptors (Lipinski definition) is 5. The molecule has 2 aliphatic rings. The van der Waals surface area contributed by atoms with Crippen LogP contribution >= 0.6 is 0 Å². The van der Waals surface area contributed by atoms with E-state index in [0.717, 1.165) is 37.5 Å². The van der Waals surface area contributed by atoms with Gasteiger partial charge in [-0.25, -0.2) is 4.68 Å². The zero-order valence-electron chi connectivity index (χ0n) is 13.7. The molecule has 24 heavy (non-hydrogen) atoms. The van der Waals surface area contributed by atoms with E-state index in [-0.39, 0.29) is 5.56 Å². The summed E-state index contributed by atoms with van der Waals surface area (Å²) in [5.41, 5.74) is 1.75. The Labute approximate surface area is 141 Å². The van der Waals surface area contributed by atoms with Gasteiger partial charge in [0, 0.05) is 56.2 Å². The molecule has 2 aliphatic heterocycles. The van der Waals surface area contributed by atoms with E-state index in [1.165, 1.54) is 12.8 Å². The number of rotatable bonds is 5. The first-order chi connectivity index (χ1) is 11.8. The molecule has 0 N–H and O–H groups in total. The molecule has 2 aromatic rings. The maximum atomic E-state index is 12.1. The standard InChI is InChI=1S/C18H22N4O2/c23-18-4-3-17(15-5-7-19-8-6-15)20-22(18)12-14-10-21(11-14)13-16-2-1-9-24-16/h3-8,14,16H,1-2,9-13H2. The highest BCUT2D eigenvalue weighted by molar-refractivity contribution is 5.56. The molecule has 6 nitrogen and oxygen atoms in total. The number of ether oxygens (including phenoxy) is 1. The minimum absolute atomic E-state index is 0.0367. The zero-order chi connectivity index (χ0) is 16.4. The summed E-state index contributed by atoms with van der Waals surface area (Å²) in [5.74, 6) is 0.490. The van der Waals surface area contributed by atoms with Crippen LogP contribution in [0.3, 0.4) is 0 Å². The summed E-state index contributed by atoms with van der Waals surface area (Å²) >= 11 is 0. The van der Waals surface area contributed by atoms with Crippen LogP contribution in [-0.4, -0.2) is 52.0 Å². The van der Waals surface area contributed by atoms with E-state index in [1.54, 1.807) is 29.2 Å². The number of aromatic nitrogens is 3. The van der Waals surface area contributed by atoms with Crippen molar-refractivity contribution in [2.75, 3.05) is 26.2 Å². The van der Waals surface area contributed by atoms with Gasteiger partial charge in [0.1, 0.15) is 0 Å². The summed E-state index contributed by atoms with van der Waals surface area (Å²) in [4.78, 5) is 18.5. The quantitative estimate of drug-likeness (QED) is 0.831. The van der Waals surface area contributed by atoms with Crippen molar-refractivity contribution in [3.8, 4) is 11.3 Å². The minimum Gasteiger partial charge on any atom is -0.377 e. The van der Waals surface area contributed by atoms with E-state index in [1.807, 2.05) is 12.1 Å². The molecule has 0 saturated carbocycles. The highest BCUT2D eigenvalue weighted by Gasteiger charge is 2.30. The van der Waals surface area contributed by atoms with Gasteiger partial charge >= 0.3 is 0 Å². The molecule has 0 radical (unpaired) electrons. The molecule has 6 heteroatoms. The summed E-state index contributed by atoms with van der Waals surface area (Å²) in [6, 6.07) is 7.19. The maximum Gasteiger partial charge on any atom is 0.266 e. The third kappa shape index (κ3) is 3.39. The normalized spacial score (nSPS) is 21.8. The molecule has 4 rings (SSSR count). The Balaban J connectivity index is 1.38. The van der Waals surface area contributed by atoms with Crippen molar-refractivity contribution in [1.29, 1.82) is 0 Å². The fraction of sp³-hybridized carbons (Fsp3) is 0.500. The highest BCUT2D eigenvalue weighted by Crippen LogP contribution is 2.21. The van der Waals surface area contributed by atoms with Gasteiger partial charge in [-0.2, -0.15) is 5.10 Å². The van der Waals surface area contributed by atoms with Crippen LogP contribution in [0.4, 0.5) is 0 Å². The second-order valence-corrected chi connectivity index (χ2v) is 6.69. The molecule has 0 bridgehead atoms. The van der Waals surface area contributed by atoms with Crippen molar-refractivity contribution in [3.05, 3.63) is 47.0 Å². The lowest BCUT2D eigenvalue weighted by Crippen LogP contribution is -2.51. The molecule has 4 heterocycles. The van der Waals surface area contributed by atoms with Crippen LogP contribution in [0.2, 0.25) is 0 Å². The van der Waals surface area contributed by atoms with Gasteiger partial charge in [-0.1, -0.05) is 0 Å². The molecule has 2 aromatic heterocycles. The van der Waals surface area contributed by atoms with Crippen molar-refractivity contribution in [3.63, 3.8) is 0 Å². The summed E-state index contributed by atoms with van der Waals surface area (Å²) in [6.07, 6.45) is 6.24.